The predicted octanol–water partition coefficient (Wildman–Crippen LogP) is 3.12. The van der Waals surface area contributed by atoms with Crippen LogP contribution in [0.4, 0.5) is 5.82 Å². The van der Waals surface area contributed by atoms with E-state index in [-0.39, 0.29) is 11.3 Å². The fourth-order valence-corrected chi connectivity index (χ4v) is 3.94. The van der Waals surface area contributed by atoms with Gasteiger partial charge in [-0.15, -0.1) is 0 Å². The zero-order valence-corrected chi connectivity index (χ0v) is 15.6. The van der Waals surface area contributed by atoms with E-state index in [1.807, 2.05) is 41.3 Å². The molecule has 0 N–H and O–H groups in total. The van der Waals surface area contributed by atoms with E-state index in [1.54, 1.807) is 13.3 Å². The Labute approximate surface area is 158 Å². The number of hydrogen-bond donors (Lipinski definition) is 0. The van der Waals surface area contributed by atoms with E-state index in [4.69, 9.17) is 16.3 Å². The summed E-state index contributed by atoms with van der Waals surface area (Å²) in [5.41, 5.74) is 0.760. The highest BCUT2D eigenvalue weighted by molar-refractivity contribution is 6.32. The summed E-state index contributed by atoms with van der Waals surface area (Å²) in [6, 6.07) is 11.6. The van der Waals surface area contributed by atoms with Crippen molar-refractivity contribution in [3.63, 3.8) is 0 Å². The number of amides is 1. The highest BCUT2D eigenvalue weighted by atomic mass is 35.5. The van der Waals surface area contributed by atoms with Crippen LogP contribution in [0.25, 0.3) is 0 Å². The summed E-state index contributed by atoms with van der Waals surface area (Å²) >= 11 is 6.25. The molecule has 6 heteroatoms. The van der Waals surface area contributed by atoms with Crippen molar-refractivity contribution in [3.8, 4) is 5.75 Å². The number of aromatic nitrogens is 1. The first-order valence-corrected chi connectivity index (χ1v) is 9.31. The fraction of sp³-hybridized carbons (Fsp3) is 0.400. The van der Waals surface area contributed by atoms with Gasteiger partial charge in [-0.2, -0.15) is 0 Å². The summed E-state index contributed by atoms with van der Waals surface area (Å²) in [6.45, 7) is 2.90. The zero-order chi connectivity index (χ0) is 18.1. The lowest BCUT2D eigenvalue weighted by Crippen LogP contribution is -2.51. The quantitative estimate of drug-likeness (QED) is 0.828. The largest absolute Gasteiger partial charge is 0.497 e. The molecular formula is C20H22ClN3O2. The molecule has 1 aromatic heterocycles. The van der Waals surface area contributed by atoms with Crippen molar-refractivity contribution in [2.24, 2.45) is 0 Å². The maximum atomic E-state index is 13.2. The Morgan fingerprint density at radius 2 is 1.81 bits per heavy atom. The minimum absolute atomic E-state index is 0.245. The summed E-state index contributed by atoms with van der Waals surface area (Å²) in [5, 5.41) is 0.657. The van der Waals surface area contributed by atoms with Gasteiger partial charge in [0.05, 0.1) is 17.5 Å². The van der Waals surface area contributed by atoms with Crippen molar-refractivity contribution >= 4 is 23.3 Å². The first-order valence-electron chi connectivity index (χ1n) is 8.93. The number of methoxy groups -OCH3 is 1. The average molecular weight is 372 g/mol. The Morgan fingerprint density at radius 1 is 1.12 bits per heavy atom. The van der Waals surface area contributed by atoms with Gasteiger partial charge in [-0.25, -0.2) is 4.98 Å². The molecule has 4 rings (SSSR count). The van der Waals surface area contributed by atoms with Crippen LogP contribution in [0, 0.1) is 0 Å². The Hall–Kier alpha value is -2.27. The zero-order valence-electron chi connectivity index (χ0n) is 14.8. The van der Waals surface area contributed by atoms with Crippen LogP contribution in [0.5, 0.6) is 5.75 Å². The number of ether oxygens (including phenoxy) is 1. The lowest BCUT2D eigenvalue weighted by molar-refractivity contribution is -0.134. The number of piperazine rings is 1. The van der Waals surface area contributed by atoms with Crippen LogP contribution in [0.1, 0.15) is 18.4 Å². The third-order valence-electron chi connectivity index (χ3n) is 5.41. The van der Waals surface area contributed by atoms with Gasteiger partial charge < -0.3 is 14.5 Å². The normalized spacial score (nSPS) is 18.5. The van der Waals surface area contributed by atoms with Crippen LogP contribution >= 0.6 is 11.6 Å². The number of carbonyl (C=O) groups excluding carboxylic acids is 1. The molecule has 2 fully saturated rings. The van der Waals surface area contributed by atoms with Gasteiger partial charge in [0.15, 0.2) is 0 Å². The van der Waals surface area contributed by atoms with Gasteiger partial charge in [0.1, 0.15) is 11.6 Å². The Balaban J connectivity index is 1.44. The predicted molar refractivity (Wildman–Crippen MR) is 102 cm³/mol. The molecule has 1 amide bonds. The number of benzene rings is 1. The molecule has 26 heavy (non-hydrogen) atoms. The molecule has 136 valence electrons. The van der Waals surface area contributed by atoms with E-state index in [1.165, 1.54) is 0 Å². The number of carbonyl (C=O) groups is 1. The van der Waals surface area contributed by atoms with E-state index in [2.05, 4.69) is 9.88 Å². The molecule has 1 aliphatic carbocycles. The Bertz CT molecular complexity index is 797. The van der Waals surface area contributed by atoms with E-state index in [0.717, 1.165) is 43.1 Å². The average Bonchev–Trinajstić information content (AvgIpc) is 3.50. The second-order valence-electron chi connectivity index (χ2n) is 6.90. The summed E-state index contributed by atoms with van der Waals surface area (Å²) in [4.78, 5) is 21.7. The second kappa shape index (κ2) is 6.80. The maximum Gasteiger partial charge on any atom is 0.233 e. The molecule has 0 unspecified atom stereocenters. The smallest absolute Gasteiger partial charge is 0.233 e. The Morgan fingerprint density at radius 3 is 2.38 bits per heavy atom. The molecule has 1 saturated heterocycles. The van der Waals surface area contributed by atoms with Crippen LogP contribution in [-0.4, -0.2) is 49.1 Å². The first-order chi connectivity index (χ1) is 12.6. The van der Waals surface area contributed by atoms with Gasteiger partial charge in [-0.3, -0.25) is 4.79 Å². The number of pyridine rings is 1. The molecule has 2 heterocycles. The summed E-state index contributed by atoms with van der Waals surface area (Å²) in [6.07, 6.45) is 3.59. The van der Waals surface area contributed by atoms with Gasteiger partial charge in [-0.1, -0.05) is 23.7 Å². The van der Waals surface area contributed by atoms with Crippen molar-refractivity contribution in [3.05, 3.63) is 53.2 Å². The van der Waals surface area contributed by atoms with Crippen molar-refractivity contribution < 1.29 is 9.53 Å². The lowest BCUT2D eigenvalue weighted by atomic mass is 9.94. The highest BCUT2D eigenvalue weighted by Crippen LogP contribution is 2.50. The van der Waals surface area contributed by atoms with Crippen LogP contribution in [0.2, 0.25) is 5.02 Å². The minimum Gasteiger partial charge on any atom is -0.497 e. The highest BCUT2D eigenvalue weighted by Gasteiger charge is 2.53. The van der Waals surface area contributed by atoms with Crippen LogP contribution in [-0.2, 0) is 10.2 Å². The number of hydrogen-bond acceptors (Lipinski definition) is 4. The van der Waals surface area contributed by atoms with Crippen LogP contribution < -0.4 is 9.64 Å². The first kappa shape index (κ1) is 17.2. The molecule has 2 aromatic rings. The molecular weight excluding hydrogens is 350 g/mol. The number of halogens is 1. The van der Waals surface area contributed by atoms with Crippen molar-refractivity contribution in [2.75, 3.05) is 38.2 Å². The standard InChI is InChI=1S/C20H22ClN3O2/c1-26-16-6-4-15(5-7-16)20(8-9-20)19(25)24-13-11-23(12-14-24)18-17(21)3-2-10-22-18/h2-7,10H,8-9,11-14H2,1H3. The van der Waals surface area contributed by atoms with Crippen LogP contribution in [0.3, 0.4) is 0 Å². The summed E-state index contributed by atoms with van der Waals surface area (Å²) < 4.78 is 5.22. The number of rotatable bonds is 4. The van der Waals surface area contributed by atoms with Gasteiger partial charge in [0.25, 0.3) is 0 Å². The monoisotopic (exact) mass is 371 g/mol. The molecule has 1 aliphatic heterocycles. The SMILES string of the molecule is COc1ccc(C2(C(=O)N3CCN(c4ncccc4Cl)CC3)CC2)cc1. The minimum atomic E-state index is -0.336. The molecule has 2 aliphatic rings. The van der Waals surface area contributed by atoms with Crippen molar-refractivity contribution in [1.29, 1.82) is 0 Å². The fourth-order valence-electron chi connectivity index (χ4n) is 3.70. The van der Waals surface area contributed by atoms with E-state index >= 15 is 0 Å². The summed E-state index contributed by atoms with van der Waals surface area (Å²) in [5.74, 6) is 1.87. The molecule has 1 saturated carbocycles. The van der Waals surface area contributed by atoms with Gasteiger partial charge >= 0.3 is 0 Å². The topological polar surface area (TPSA) is 45.7 Å². The molecule has 0 atom stereocenters. The lowest BCUT2D eigenvalue weighted by Gasteiger charge is -2.37. The molecule has 0 spiro atoms. The van der Waals surface area contributed by atoms with E-state index in [0.29, 0.717) is 18.1 Å². The van der Waals surface area contributed by atoms with Crippen LogP contribution in [0.15, 0.2) is 42.6 Å². The molecule has 5 nitrogen and oxygen atoms in total. The van der Waals surface area contributed by atoms with E-state index < -0.39 is 0 Å². The molecule has 0 radical (unpaired) electrons. The molecule has 1 aromatic carbocycles. The third-order valence-corrected chi connectivity index (χ3v) is 5.70. The Kier molecular flexibility index (Phi) is 4.49. The number of nitrogens with zero attached hydrogens (tertiary/aromatic N) is 3. The van der Waals surface area contributed by atoms with E-state index in [9.17, 15) is 4.79 Å². The maximum absolute atomic E-state index is 13.2. The van der Waals surface area contributed by atoms with Crippen molar-refractivity contribution in [1.82, 2.24) is 9.88 Å². The third kappa shape index (κ3) is 3.01. The van der Waals surface area contributed by atoms with Gasteiger partial charge in [0, 0.05) is 32.4 Å². The molecule has 0 bridgehead atoms. The number of anilines is 1. The van der Waals surface area contributed by atoms with Crippen molar-refractivity contribution in [2.45, 2.75) is 18.3 Å². The van der Waals surface area contributed by atoms with Gasteiger partial charge in [0.2, 0.25) is 5.91 Å². The summed E-state index contributed by atoms with van der Waals surface area (Å²) in [7, 11) is 1.65. The van der Waals surface area contributed by atoms with Gasteiger partial charge in [-0.05, 0) is 42.7 Å². The second-order valence-corrected chi connectivity index (χ2v) is 7.31.